The van der Waals surface area contributed by atoms with Crippen molar-refractivity contribution in [1.29, 1.82) is 0 Å². The second kappa shape index (κ2) is 6.67. The average molecular weight is 350 g/mol. The molecule has 0 amide bonds. The van der Waals surface area contributed by atoms with Gasteiger partial charge in [-0.2, -0.15) is 0 Å². The number of nitrogens with one attached hydrogen (secondary N) is 1. The summed E-state index contributed by atoms with van der Waals surface area (Å²) in [4.78, 5) is 0. The summed E-state index contributed by atoms with van der Waals surface area (Å²) in [6, 6.07) is 12.6. The van der Waals surface area contributed by atoms with E-state index in [1.54, 1.807) is 0 Å². The van der Waals surface area contributed by atoms with Gasteiger partial charge in [-0.05, 0) is 65.0 Å². The monoisotopic (exact) mass is 349 g/mol. The summed E-state index contributed by atoms with van der Waals surface area (Å²) < 4.78 is 12.3. The number of ether oxygens (including phenoxy) is 1. The molecule has 112 valence electrons. The average Bonchev–Trinajstić information content (AvgIpc) is 2.94. The minimum atomic E-state index is 0.234. The van der Waals surface area contributed by atoms with Crippen LogP contribution < -0.4 is 10.1 Å². The molecule has 4 heteroatoms. The van der Waals surface area contributed by atoms with Crippen molar-refractivity contribution in [2.75, 3.05) is 13.2 Å². The van der Waals surface area contributed by atoms with Gasteiger partial charge in [0.1, 0.15) is 11.5 Å². The second-order valence-corrected chi connectivity index (χ2v) is 6.14. The fourth-order valence-corrected chi connectivity index (χ4v) is 3.33. The molecule has 0 saturated heterocycles. The van der Waals surface area contributed by atoms with Gasteiger partial charge < -0.3 is 14.5 Å². The lowest BCUT2D eigenvalue weighted by Gasteiger charge is -2.28. The van der Waals surface area contributed by atoms with E-state index in [0.717, 1.165) is 42.2 Å². The zero-order valence-electron chi connectivity index (χ0n) is 12.1. The molecule has 2 atom stereocenters. The number of benzene rings is 1. The van der Waals surface area contributed by atoms with Crippen LogP contribution in [0.4, 0.5) is 0 Å². The minimum absolute atomic E-state index is 0.234. The van der Waals surface area contributed by atoms with Crippen molar-refractivity contribution >= 4 is 15.9 Å². The van der Waals surface area contributed by atoms with Gasteiger partial charge in [0.05, 0.1) is 12.6 Å². The fraction of sp³-hybridized carbons (Fsp3) is 0.412. The summed E-state index contributed by atoms with van der Waals surface area (Å²) in [6.07, 6.45) is 2.08. The summed E-state index contributed by atoms with van der Waals surface area (Å²) in [6.45, 7) is 3.85. The largest absolute Gasteiger partial charge is 0.493 e. The summed E-state index contributed by atoms with van der Waals surface area (Å²) in [5.41, 5.74) is 1.32. The van der Waals surface area contributed by atoms with Crippen LogP contribution in [0.15, 0.2) is 45.5 Å². The normalized spacial score (nSPS) is 18.9. The van der Waals surface area contributed by atoms with Crippen LogP contribution in [0, 0.1) is 0 Å². The number of rotatable bonds is 5. The smallest absolute Gasteiger partial charge is 0.169 e. The number of halogens is 1. The van der Waals surface area contributed by atoms with Crippen molar-refractivity contribution in [3.63, 3.8) is 0 Å². The molecule has 1 aromatic heterocycles. The molecule has 3 rings (SSSR count). The lowest BCUT2D eigenvalue weighted by Crippen LogP contribution is -2.24. The van der Waals surface area contributed by atoms with Gasteiger partial charge in [0, 0.05) is 0 Å². The molecule has 2 unspecified atom stereocenters. The van der Waals surface area contributed by atoms with Gasteiger partial charge in [-0.25, -0.2) is 0 Å². The van der Waals surface area contributed by atoms with Gasteiger partial charge in [0.2, 0.25) is 0 Å². The Balaban J connectivity index is 1.80. The van der Waals surface area contributed by atoms with Gasteiger partial charge >= 0.3 is 0 Å². The zero-order valence-corrected chi connectivity index (χ0v) is 13.7. The van der Waals surface area contributed by atoms with Crippen LogP contribution in [0.5, 0.6) is 5.75 Å². The molecule has 3 nitrogen and oxygen atoms in total. The Labute approximate surface area is 133 Å². The Hall–Kier alpha value is -1.26. The zero-order chi connectivity index (χ0) is 14.7. The van der Waals surface area contributed by atoms with Crippen LogP contribution in [0.25, 0.3) is 0 Å². The van der Waals surface area contributed by atoms with E-state index in [1.165, 1.54) is 5.56 Å². The standard InChI is InChI=1S/C17H20BrNO2/c1-2-19-14(16-7-8-17(18)21-16)11-12-9-10-20-15-6-4-3-5-13(12)15/h3-8,12,14,19H,2,9-11H2,1H3. The van der Waals surface area contributed by atoms with Crippen molar-refractivity contribution in [2.45, 2.75) is 31.7 Å². The van der Waals surface area contributed by atoms with Crippen LogP contribution in [-0.4, -0.2) is 13.2 Å². The van der Waals surface area contributed by atoms with Gasteiger partial charge in [-0.3, -0.25) is 0 Å². The summed E-state index contributed by atoms with van der Waals surface area (Å²) in [7, 11) is 0. The van der Waals surface area contributed by atoms with Crippen LogP contribution >= 0.6 is 15.9 Å². The van der Waals surface area contributed by atoms with Crippen LogP contribution in [0.1, 0.15) is 43.0 Å². The molecule has 0 spiro atoms. The van der Waals surface area contributed by atoms with E-state index in [0.29, 0.717) is 5.92 Å². The topological polar surface area (TPSA) is 34.4 Å². The first-order valence-corrected chi connectivity index (χ1v) is 8.27. The van der Waals surface area contributed by atoms with E-state index in [2.05, 4.69) is 46.4 Å². The Morgan fingerprint density at radius 3 is 2.90 bits per heavy atom. The van der Waals surface area contributed by atoms with Gasteiger partial charge in [-0.1, -0.05) is 25.1 Å². The molecule has 1 aliphatic heterocycles. The summed E-state index contributed by atoms with van der Waals surface area (Å²) in [5, 5.41) is 3.53. The van der Waals surface area contributed by atoms with Gasteiger partial charge in [0.15, 0.2) is 4.67 Å². The first kappa shape index (κ1) is 14.7. The maximum absolute atomic E-state index is 5.75. The number of furan rings is 1. The Kier molecular flexibility index (Phi) is 4.66. The van der Waals surface area contributed by atoms with Crippen LogP contribution in [0.2, 0.25) is 0 Å². The predicted molar refractivity (Wildman–Crippen MR) is 86.7 cm³/mol. The molecule has 0 radical (unpaired) electrons. The molecule has 0 fully saturated rings. The summed E-state index contributed by atoms with van der Waals surface area (Å²) in [5.74, 6) is 2.53. The van der Waals surface area contributed by atoms with E-state index in [9.17, 15) is 0 Å². The fourth-order valence-electron chi connectivity index (χ4n) is 3.01. The molecule has 0 bridgehead atoms. The van der Waals surface area contributed by atoms with E-state index in [-0.39, 0.29) is 6.04 Å². The Morgan fingerprint density at radius 1 is 1.29 bits per heavy atom. The number of para-hydroxylation sites is 1. The molecule has 2 heterocycles. The SMILES string of the molecule is CCNC(CC1CCOc2ccccc21)c1ccc(Br)o1. The molecule has 0 aliphatic carbocycles. The van der Waals surface area contributed by atoms with E-state index in [4.69, 9.17) is 9.15 Å². The third-order valence-corrected chi connectivity index (χ3v) is 4.42. The third kappa shape index (κ3) is 3.33. The molecule has 21 heavy (non-hydrogen) atoms. The van der Waals surface area contributed by atoms with Crippen molar-refractivity contribution in [1.82, 2.24) is 5.32 Å². The lowest BCUT2D eigenvalue weighted by molar-refractivity contribution is 0.250. The minimum Gasteiger partial charge on any atom is -0.493 e. The quantitative estimate of drug-likeness (QED) is 0.852. The predicted octanol–water partition coefficient (Wildman–Crippen LogP) is 4.65. The molecule has 1 aliphatic rings. The molecular formula is C17H20BrNO2. The van der Waals surface area contributed by atoms with Crippen molar-refractivity contribution in [3.8, 4) is 5.75 Å². The van der Waals surface area contributed by atoms with E-state index < -0.39 is 0 Å². The maximum atomic E-state index is 5.75. The van der Waals surface area contributed by atoms with Crippen molar-refractivity contribution < 1.29 is 9.15 Å². The van der Waals surface area contributed by atoms with Crippen molar-refractivity contribution in [2.24, 2.45) is 0 Å². The molecular weight excluding hydrogens is 330 g/mol. The van der Waals surface area contributed by atoms with Crippen molar-refractivity contribution in [3.05, 3.63) is 52.4 Å². The highest BCUT2D eigenvalue weighted by molar-refractivity contribution is 9.10. The Morgan fingerprint density at radius 2 is 2.14 bits per heavy atom. The molecule has 1 N–H and O–H groups in total. The van der Waals surface area contributed by atoms with Crippen LogP contribution in [0.3, 0.4) is 0 Å². The van der Waals surface area contributed by atoms with Gasteiger partial charge in [-0.15, -0.1) is 0 Å². The number of hydrogen-bond donors (Lipinski definition) is 1. The number of hydrogen-bond acceptors (Lipinski definition) is 3. The maximum Gasteiger partial charge on any atom is 0.169 e. The highest BCUT2D eigenvalue weighted by Gasteiger charge is 2.26. The van der Waals surface area contributed by atoms with E-state index >= 15 is 0 Å². The van der Waals surface area contributed by atoms with Crippen LogP contribution in [-0.2, 0) is 0 Å². The van der Waals surface area contributed by atoms with Gasteiger partial charge in [0.25, 0.3) is 0 Å². The first-order valence-electron chi connectivity index (χ1n) is 7.48. The van der Waals surface area contributed by atoms with E-state index in [1.807, 2.05) is 18.2 Å². The number of fused-ring (bicyclic) bond motifs is 1. The lowest BCUT2D eigenvalue weighted by atomic mass is 9.87. The highest BCUT2D eigenvalue weighted by Crippen LogP contribution is 2.39. The highest BCUT2D eigenvalue weighted by atomic mass is 79.9. The first-order chi connectivity index (χ1) is 10.3. The Bertz CT molecular complexity index is 596. The second-order valence-electron chi connectivity index (χ2n) is 5.36. The molecule has 2 aromatic rings. The molecule has 0 saturated carbocycles. The summed E-state index contributed by atoms with van der Waals surface area (Å²) >= 11 is 3.39. The third-order valence-electron chi connectivity index (χ3n) is 3.99. The molecule has 1 aromatic carbocycles.